The first-order valence-electron chi connectivity index (χ1n) is 8.43. The average Bonchev–Trinajstić information content (AvgIpc) is 2.50. The highest BCUT2D eigenvalue weighted by Crippen LogP contribution is 2.10. The molecule has 1 amide bonds. The molecular weight excluding hydrogens is 322 g/mol. The number of carbonyl (C=O) groups excluding carboxylic acids is 3. The van der Waals surface area contributed by atoms with Crippen molar-refractivity contribution in [2.75, 3.05) is 6.61 Å². The van der Waals surface area contributed by atoms with Crippen LogP contribution in [0.4, 0.5) is 4.79 Å². The first-order valence-corrected chi connectivity index (χ1v) is 8.43. The van der Waals surface area contributed by atoms with E-state index in [9.17, 15) is 14.4 Å². The van der Waals surface area contributed by atoms with E-state index in [0.717, 1.165) is 5.56 Å². The molecule has 0 saturated heterocycles. The molecule has 1 rings (SSSR count). The van der Waals surface area contributed by atoms with E-state index >= 15 is 0 Å². The number of ketones is 1. The molecule has 0 aliphatic heterocycles. The third-order valence-corrected chi connectivity index (χ3v) is 3.22. The standard InChI is InChI=1S/C19H27NO5/c1-5-24-17(22)16(20-18(23)25-19(2,3)4)12-11-15(21)13-14-9-7-6-8-10-14/h6-10,16H,5,11-13H2,1-4H3,(H,20,23)/t16-/m1/s1. The monoisotopic (exact) mass is 349 g/mol. The predicted octanol–water partition coefficient (Wildman–Crippen LogP) is 3.03. The van der Waals surface area contributed by atoms with E-state index in [2.05, 4.69) is 5.32 Å². The number of esters is 1. The van der Waals surface area contributed by atoms with E-state index in [-0.39, 0.29) is 25.2 Å². The number of hydrogen-bond donors (Lipinski definition) is 1. The third kappa shape index (κ3) is 8.88. The minimum absolute atomic E-state index is 0.00788. The van der Waals surface area contributed by atoms with Crippen molar-refractivity contribution in [2.45, 2.75) is 58.6 Å². The summed E-state index contributed by atoms with van der Waals surface area (Å²) in [6.07, 6.45) is -0.0816. The summed E-state index contributed by atoms with van der Waals surface area (Å²) in [5, 5.41) is 2.49. The number of carbonyl (C=O) groups is 3. The van der Waals surface area contributed by atoms with Crippen LogP contribution < -0.4 is 5.32 Å². The largest absolute Gasteiger partial charge is 0.464 e. The van der Waals surface area contributed by atoms with Crippen LogP contribution in [-0.4, -0.2) is 36.1 Å². The van der Waals surface area contributed by atoms with Crippen molar-refractivity contribution in [3.8, 4) is 0 Å². The Bertz CT molecular complexity index is 577. The summed E-state index contributed by atoms with van der Waals surface area (Å²) in [7, 11) is 0. The maximum Gasteiger partial charge on any atom is 0.408 e. The summed E-state index contributed by atoms with van der Waals surface area (Å²) in [6.45, 7) is 7.08. The highest BCUT2D eigenvalue weighted by molar-refractivity contribution is 5.84. The van der Waals surface area contributed by atoms with Gasteiger partial charge in [-0.3, -0.25) is 4.79 Å². The van der Waals surface area contributed by atoms with E-state index in [1.807, 2.05) is 30.3 Å². The lowest BCUT2D eigenvalue weighted by Gasteiger charge is -2.22. The zero-order valence-corrected chi connectivity index (χ0v) is 15.3. The summed E-state index contributed by atoms with van der Waals surface area (Å²) < 4.78 is 10.1. The van der Waals surface area contributed by atoms with E-state index in [4.69, 9.17) is 9.47 Å². The number of Topliss-reactive ketones (excluding diaryl/α,β-unsaturated/α-hetero) is 1. The van der Waals surface area contributed by atoms with Gasteiger partial charge in [-0.25, -0.2) is 9.59 Å². The molecule has 6 heteroatoms. The second-order valence-corrected chi connectivity index (χ2v) is 6.69. The molecule has 1 atom stereocenters. The molecule has 138 valence electrons. The molecule has 1 aromatic rings. The molecule has 0 aliphatic carbocycles. The molecule has 0 heterocycles. The molecule has 0 saturated carbocycles. The minimum atomic E-state index is -0.908. The van der Waals surface area contributed by atoms with Crippen molar-refractivity contribution in [1.82, 2.24) is 5.32 Å². The number of hydrogen-bond acceptors (Lipinski definition) is 5. The van der Waals surface area contributed by atoms with Gasteiger partial charge in [-0.05, 0) is 39.7 Å². The van der Waals surface area contributed by atoms with Crippen LogP contribution in [0.2, 0.25) is 0 Å². The van der Waals surface area contributed by atoms with Crippen LogP contribution in [-0.2, 0) is 25.5 Å². The molecule has 0 bridgehead atoms. The minimum Gasteiger partial charge on any atom is -0.464 e. The van der Waals surface area contributed by atoms with Gasteiger partial charge in [0.1, 0.15) is 17.4 Å². The van der Waals surface area contributed by atoms with Crippen molar-refractivity contribution in [3.05, 3.63) is 35.9 Å². The average molecular weight is 349 g/mol. The second kappa shape index (κ2) is 9.81. The predicted molar refractivity (Wildman–Crippen MR) is 94.2 cm³/mol. The van der Waals surface area contributed by atoms with Crippen molar-refractivity contribution in [1.29, 1.82) is 0 Å². The van der Waals surface area contributed by atoms with Crippen molar-refractivity contribution in [2.24, 2.45) is 0 Å². The molecule has 0 spiro atoms. The van der Waals surface area contributed by atoms with Gasteiger partial charge in [-0.1, -0.05) is 30.3 Å². The Hall–Kier alpha value is -2.37. The topological polar surface area (TPSA) is 81.7 Å². The second-order valence-electron chi connectivity index (χ2n) is 6.69. The molecule has 1 aromatic carbocycles. The number of alkyl carbamates (subject to hydrolysis) is 1. The van der Waals surface area contributed by atoms with Gasteiger partial charge in [0.2, 0.25) is 0 Å². The first kappa shape index (κ1) is 20.7. The number of benzene rings is 1. The van der Waals surface area contributed by atoms with Crippen LogP contribution in [0, 0.1) is 0 Å². The van der Waals surface area contributed by atoms with Crippen molar-refractivity contribution < 1.29 is 23.9 Å². The molecule has 25 heavy (non-hydrogen) atoms. The maximum absolute atomic E-state index is 12.1. The van der Waals surface area contributed by atoms with Gasteiger partial charge in [0.25, 0.3) is 0 Å². The van der Waals surface area contributed by atoms with Gasteiger partial charge in [0, 0.05) is 12.8 Å². The van der Waals surface area contributed by atoms with Crippen LogP contribution in [0.5, 0.6) is 0 Å². The van der Waals surface area contributed by atoms with Crippen LogP contribution in [0.3, 0.4) is 0 Å². The summed E-state index contributed by atoms with van der Waals surface area (Å²) in [5.41, 5.74) is 0.243. The van der Waals surface area contributed by atoms with Crippen molar-refractivity contribution >= 4 is 17.8 Å². The summed E-state index contributed by atoms with van der Waals surface area (Å²) in [5.74, 6) is -0.577. The van der Waals surface area contributed by atoms with E-state index in [1.54, 1.807) is 27.7 Å². The summed E-state index contributed by atoms with van der Waals surface area (Å²) in [6, 6.07) is 8.46. The number of nitrogens with one attached hydrogen (secondary N) is 1. The van der Waals surface area contributed by atoms with Gasteiger partial charge in [0.15, 0.2) is 0 Å². The lowest BCUT2D eigenvalue weighted by molar-refractivity contribution is -0.145. The molecule has 0 radical (unpaired) electrons. The fourth-order valence-electron chi connectivity index (χ4n) is 2.16. The van der Waals surface area contributed by atoms with E-state index in [0.29, 0.717) is 6.42 Å². The number of ether oxygens (including phenoxy) is 2. The maximum atomic E-state index is 12.1. The Kier molecular flexibility index (Phi) is 8.11. The van der Waals surface area contributed by atoms with Crippen LogP contribution in [0.15, 0.2) is 30.3 Å². The van der Waals surface area contributed by atoms with Crippen molar-refractivity contribution in [3.63, 3.8) is 0 Å². The molecule has 0 fully saturated rings. The Morgan fingerprint density at radius 3 is 2.32 bits per heavy atom. The lowest BCUT2D eigenvalue weighted by atomic mass is 10.0. The van der Waals surface area contributed by atoms with Gasteiger partial charge < -0.3 is 14.8 Å². The number of amides is 1. The zero-order valence-electron chi connectivity index (χ0n) is 15.3. The first-order chi connectivity index (χ1) is 11.7. The molecule has 0 aromatic heterocycles. The fraction of sp³-hybridized carbons (Fsp3) is 0.526. The van der Waals surface area contributed by atoms with E-state index < -0.39 is 23.7 Å². The highest BCUT2D eigenvalue weighted by atomic mass is 16.6. The normalized spacial score (nSPS) is 12.2. The lowest BCUT2D eigenvalue weighted by Crippen LogP contribution is -2.44. The van der Waals surface area contributed by atoms with Gasteiger partial charge in [-0.15, -0.1) is 0 Å². The Balaban J connectivity index is 2.59. The SMILES string of the molecule is CCOC(=O)[C@@H](CCC(=O)Cc1ccccc1)NC(=O)OC(C)(C)C. The number of rotatable bonds is 8. The summed E-state index contributed by atoms with van der Waals surface area (Å²) >= 11 is 0. The smallest absolute Gasteiger partial charge is 0.408 e. The molecular formula is C19H27NO5. The Morgan fingerprint density at radius 2 is 1.76 bits per heavy atom. The Labute approximate surface area is 148 Å². The Morgan fingerprint density at radius 1 is 1.12 bits per heavy atom. The zero-order chi connectivity index (χ0) is 18.9. The molecule has 1 N–H and O–H groups in total. The van der Waals surface area contributed by atoms with Gasteiger partial charge in [-0.2, -0.15) is 0 Å². The molecule has 0 unspecified atom stereocenters. The molecule has 0 aliphatic rings. The summed E-state index contributed by atoms with van der Waals surface area (Å²) in [4.78, 5) is 36.0. The van der Waals surface area contributed by atoms with Crippen LogP contribution in [0.25, 0.3) is 0 Å². The quantitative estimate of drug-likeness (QED) is 0.730. The van der Waals surface area contributed by atoms with Gasteiger partial charge in [0.05, 0.1) is 6.61 Å². The third-order valence-electron chi connectivity index (χ3n) is 3.22. The van der Waals surface area contributed by atoms with Crippen LogP contribution in [0.1, 0.15) is 46.1 Å². The highest BCUT2D eigenvalue weighted by Gasteiger charge is 2.25. The molecule has 6 nitrogen and oxygen atoms in total. The van der Waals surface area contributed by atoms with Crippen LogP contribution >= 0.6 is 0 Å². The van der Waals surface area contributed by atoms with E-state index in [1.165, 1.54) is 0 Å². The fourth-order valence-corrected chi connectivity index (χ4v) is 2.16. The van der Waals surface area contributed by atoms with Gasteiger partial charge >= 0.3 is 12.1 Å².